The van der Waals surface area contributed by atoms with Gasteiger partial charge in [0.25, 0.3) is 0 Å². The molecule has 1 fully saturated rings. The number of nitrogens with zero attached hydrogens (tertiary/aromatic N) is 1. The van der Waals surface area contributed by atoms with Crippen molar-refractivity contribution < 1.29 is 13.2 Å². The highest BCUT2D eigenvalue weighted by atomic mass is 32.2. The summed E-state index contributed by atoms with van der Waals surface area (Å²) in [6.45, 7) is 5.95. The lowest BCUT2D eigenvalue weighted by atomic mass is 10.1. The molecule has 0 bridgehead atoms. The van der Waals surface area contributed by atoms with Crippen molar-refractivity contribution >= 4 is 10.0 Å². The third-order valence-corrected chi connectivity index (χ3v) is 6.17. The predicted molar refractivity (Wildman–Crippen MR) is 107 cm³/mol. The molecule has 0 aromatic heterocycles. The normalized spacial score (nSPS) is 15.6. The standard InChI is InChI=1S/C21H28N2O3S/c1-2-26-20-9-11-21(12-10-20)27(24,25)22-16-18-7-6-8-19(15-18)17-23-13-4-3-5-14-23/h6-12,15,22H,2-5,13-14,16-17H2,1H3. The number of benzene rings is 2. The number of hydrogen-bond donors (Lipinski definition) is 1. The summed E-state index contributed by atoms with van der Waals surface area (Å²) in [5, 5.41) is 0. The summed E-state index contributed by atoms with van der Waals surface area (Å²) in [7, 11) is -3.55. The highest BCUT2D eigenvalue weighted by Crippen LogP contribution is 2.17. The van der Waals surface area contributed by atoms with Gasteiger partial charge in [-0.25, -0.2) is 13.1 Å². The molecule has 1 N–H and O–H groups in total. The smallest absolute Gasteiger partial charge is 0.240 e. The number of rotatable bonds is 8. The van der Waals surface area contributed by atoms with Gasteiger partial charge in [-0.3, -0.25) is 4.90 Å². The monoisotopic (exact) mass is 388 g/mol. The summed E-state index contributed by atoms with van der Waals surface area (Å²) >= 11 is 0. The lowest BCUT2D eigenvalue weighted by molar-refractivity contribution is 0.221. The minimum atomic E-state index is -3.55. The zero-order chi connectivity index (χ0) is 19.1. The van der Waals surface area contributed by atoms with Gasteiger partial charge in [0, 0.05) is 13.1 Å². The second-order valence-electron chi connectivity index (χ2n) is 6.89. The van der Waals surface area contributed by atoms with Crippen molar-refractivity contribution in [3.63, 3.8) is 0 Å². The molecule has 1 aliphatic rings. The average molecular weight is 389 g/mol. The summed E-state index contributed by atoms with van der Waals surface area (Å²) in [6.07, 6.45) is 3.85. The lowest BCUT2D eigenvalue weighted by Gasteiger charge is -2.26. The first-order chi connectivity index (χ1) is 13.1. The Hall–Kier alpha value is -1.89. The molecule has 1 aliphatic heterocycles. The first-order valence-corrected chi connectivity index (χ1v) is 11.1. The average Bonchev–Trinajstić information content (AvgIpc) is 2.68. The molecule has 5 nitrogen and oxygen atoms in total. The molecule has 1 heterocycles. The number of piperidine rings is 1. The molecule has 3 rings (SSSR count). The van der Waals surface area contributed by atoms with Crippen LogP contribution in [0.2, 0.25) is 0 Å². The molecule has 1 saturated heterocycles. The maximum atomic E-state index is 12.5. The van der Waals surface area contributed by atoms with Crippen LogP contribution in [0.1, 0.15) is 37.3 Å². The molecular formula is C21H28N2O3S. The summed E-state index contributed by atoms with van der Waals surface area (Å²) < 4.78 is 33.1. The highest BCUT2D eigenvalue weighted by Gasteiger charge is 2.14. The Morgan fingerprint density at radius 3 is 2.41 bits per heavy atom. The molecule has 0 amide bonds. The van der Waals surface area contributed by atoms with Crippen LogP contribution in [0.15, 0.2) is 53.4 Å². The zero-order valence-corrected chi connectivity index (χ0v) is 16.7. The van der Waals surface area contributed by atoms with Gasteiger partial charge in [0.05, 0.1) is 11.5 Å². The van der Waals surface area contributed by atoms with E-state index in [-0.39, 0.29) is 11.4 Å². The Bertz CT molecular complexity index is 829. The Morgan fingerprint density at radius 1 is 1.00 bits per heavy atom. The van der Waals surface area contributed by atoms with Crippen LogP contribution in [-0.4, -0.2) is 33.0 Å². The van der Waals surface area contributed by atoms with Crippen molar-refractivity contribution in [2.45, 2.75) is 44.2 Å². The third kappa shape index (κ3) is 5.79. The first kappa shape index (κ1) is 19.9. The maximum Gasteiger partial charge on any atom is 0.240 e. The Morgan fingerprint density at radius 2 is 1.70 bits per heavy atom. The molecule has 0 unspecified atom stereocenters. The fourth-order valence-corrected chi connectivity index (χ4v) is 4.37. The predicted octanol–water partition coefficient (Wildman–Crippen LogP) is 3.55. The van der Waals surface area contributed by atoms with Gasteiger partial charge in [-0.05, 0) is 68.2 Å². The third-order valence-electron chi connectivity index (χ3n) is 4.76. The molecule has 146 valence electrons. The van der Waals surface area contributed by atoms with E-state index >= 15 is 0 Å². The molecule has 0 radical (unpaired) electrons. The highest BCUT2D eigenvalue weighted by molar-refractivity contribution is 7.89. The van der Waals surface area contributed by atoms with Gasteiger partial charge in [-0.1, -0.05) is 30.7 Å². The quantitative estimate of drug-likeness (QED) is 0.751. The summed E-state index contributed by atoms with van der Waals surface area (Å²) in [6, 6.07) is 14.7. The van der Waals surface area contributed by atoms with Gasteiger partial charge in [-0.15, -0.1) is 0 Å². The van der Waals surface area contributed by atoms with E-state index in [0.717, 1.165) is 25.2 Å². The maximum absolute atomic E-state index is 12.5. The van der Waals surface area contributed by atoms with E-state index in [9.17, 15) is 8.42 Å². The van der Waals surface area contributed by atoms with Crippen LogP contribution < -0.4 is 9.46 Å². The van der Waals surface area contributed by atoms with Crippen molar-refractivity contribution in [1.82, 2.24) is 9.62 Å². The first-order valence-electron chi connectivity index (χ1n) is 9.59. The van der Waals surface area contributed by atoms with E-state index in [1.807, 2.05) is 19.1 Å². The van der Waals surface area contributed by atoms with E-state index in [2.05, 4.69) is 21.8 Å². The molecule has 0 aliphatic carbocycles. The van der Waals surface area contributed by atoms with Crippen LogP contribution in [-0.2, 0) is 23.1 Å². The van der Waals surface area contributed by atoms with Gasteiger partial charge >= 0.3 is 0 Å². The van der Waals surface area contributed by atoms with Gasteiger partial charge in [0.1, 0.15) is 5.75 Å². The van der Waals surface area contributed by atoms with Crippen LogP contribution >= 0.6 is 0 Å². The SMILES string of the molecule is CCOc1ccc(S(=O)(=O)NCc2cccc(CN3CCCCC3)c2)cc1. The van der Waals surface area contributed by atoms with Crippen molar-refractivity contribution in [2.24, 2.45) is 0 Å². The fourth-order valence-electron chi connectivity index (χ4n) is 3.36. The number of nitrogens with one attached hydrogen (secondary N) is 1. The molecule has 6 heteroatoms. The van der Waals surface area contributed by atoms with Gasteiger partial charge < -0.3 is 4.74 Å². The Kier molecular flexibility index (Phi) is 6.88. The summed E-state index contributed by atoms with van der Waals surface area (Å²) in [5.41, 5.74) is 2.20. The molecule has 2 aromatic carbocycles. The summed E-state index contributed by atoms with van der Waals surface area (Å²) in [4.78, 5) is 2.71. The molecule has 0 spiro atoms. The van der Waals surface area contributed by atoms with E-state index in [1.165, 1.54) is 24.8 Å². The van der Waals surface area contributed by atoms with Crippen LogP contribution in [0.25, 0.3) is 0 Å². The molecule has 0 atom stereocenters. The Labute approximate surface area is 162 Å². The second kappa shape index (κ2) is 9.35. The van der Waals surface area contributed by atoms with Crippen molar-refractivity contribution in [3.05, 3.63) is 59.7 Å². The largest absolute Gasteiger partial charge is 0.494 e. The van der Waals surface area contributed by atoms with E-state index in [4.69, 9.17) is 4.74 Å². The van der Waals surface area contributed by atoms with E-state index in [0.29, 0.717) is 12.4 Å². The van der Waals surface area contributed by atoms with Crippen molar-refractivity contribution in [1.29, 1.82) is 0 Å². The number of ether oxygens (including phenoxy) is 1. The van der Waals surface area contributed by atoms with Gasteiger partial charge in [0.2, 0.25) is 10.0 Å². The van der Waals surface area contributed by atoms with Crippen molar-refractivity contribution in [3.8, 4) is 5.75 Å². The van der Waals surface area contributed by atoms with E-state index < -0.39 is 10.0 Å². The van der Waals surface area contributed by atoms with Crippen LogP contribution in [0, 0.1) is 0 Å². The van der Waals surface area contributed by atoms with Crippen LogP contribution in [0.4, 0.5) is 0 Å². The summed E-state index contributed by atoms with van der Waals surface area (Å²) in [5.74, 6) is 0.668. The molecular weight excluding hydrogens is 360 g/mol. The molecule has 27 heavy (non-hydrogen) atoms. The second-order valence-corrected chi connectivity index (χ2v) is 8.65. The number of sulfonamides is 1. The minimum absolute atomic E-state index is 0.246. The number of likely N-dealkylation sites (tertiary alicyclic amines) is 1. The zero-order valence-electron chi connectivity index (χ0n) is 15.9. The van der Waals surface area contributed by atoms with Gasteiger partial charge in [0.15, 0.2) is 0 Å². The van der Waals surface area contributed by atoms with Gasteiger partial charge in [-0.2, -0.15) is 0 Å². The number of hydrogen-bond acceptors (Lipinski definition) is 4. The van der Waals surface area contributed by atoms with E-state index in [1.54, 1.807) is 24.3 Å². The topological polar surface area (TPSA) is 58.6 Å². The Balaban J connectivity index is 1.60. The van der Waals surface area contributed by atoms with Crippen molar-refractivity contribution in [2.75, 3.05) is 19.7 Å². The molecule has 0 saturated carbocycles. The molecule has 2 aromatic rings. The fraction of sp³-hybridized carbons (Fsp3) is 0.429. The van der Waals surface area contributed by atoms with Crippen LogP contribution in [0.5, 0.6) is 5.75 Å². The minimum Gasteiger partial charge on any atom is -0.494 e. The van der Waals surface area contributed by atoms with Crippen LogP contribution in [0.3, 0.4) is 0 Å². The lowest BCUT2D eigenvalue weighted by Crippen LogP contribution is -2.29.